The maximum Gasteiger partial charge on any atom is 0.161 e. The molecule has 0 bridgehead atoms. The zero-order valence-corrected chi connectivity index (χ0v) is 11.9. The molecule has 0 fully saturated rings. The highest BCUT2D eigenvalue weighted by atomic mass is 35.5. The highest BCUT2D eigenvalue weighted by Crippen LogP contribution is 2.30. The van der Waals surface area contributed by atoms with Gasteiger partial charge >= 0.3 is 0 Å². The number of rotatable bonds is 2. The highest BCUT2D eigenvalue weighted by Gasteiger charge is 2.22. The van der Waals surface area contributed by atoms with Gasteiger partial charge in [0.05, 0.1) is 17.3 Å². The summed E-state index contributed by atoms with van der Waals surface area (Å²) >= 11 is 7.99. The molecular formula is C13H17ClN2S. The molecule has 0 amide bonds. The van der Waals surface area contributed by atoms with Crippen LogP contribution in [0.5, 0.6) is 0 Å². The summed E-state index contributed by atoms with van der Waals surface area (Å²) in [5.41, 5.74) is 2.11. The Hall–Kier alpha value is -0.670. The summed E-state index contributed by atoms with van der Waals surface area (Å²) in [5.74, 6) is 0.650. The summed E-state index contributed by atoms with van der Waals surface area (Å²) in [5, 5.41) is 5.62. The van der Waals surface area contributed by atoms with E-state index in [1.807, 2.05) is 25.1 Å². The van der Waals surface area contributed by atoms with Crippen LogP contribution in [0.3, 0.4) is 0 Å². The van der Waals surface area contributed by atoms with Crippen molar-refractivity contribution < 1.29 is 0 Å². The first-order valence-corrected chi connectivity index (χ1v) is 7.06. The standard InChI is InChI=1S/C13H17ClN2S/c1-8(2)12-7-15-13(17-12)16-11-5-4-9(3)6-10(11)14/h4-6,8,12H,7H2,1-3H3,(H,15,16). The fourth-order valence-corrected chi connectivity index (χ4v) is 2.95. The first kappa shape index (κ1) is 12.8. The second-order valence-electron chi connectivity index (χ2n) is 4.65. The van der Waals surface area contributed by atoms with Crippen LogP contribution < -0.4 is 5.32 Å². The molecule has 17 heavy (non-hydrogen) atoms. The maximum atomic E-state index is 6.18. The van der Waals surface area contributed by atoms with E-state index in [4.69, 9.17) is 11.6 Å². The molecule has 1 N–H and O–H groups in total. The number of thioether (sulfide) groups is 1. The van der Waals surface area contributed by atoms with Crippen molar-refractivity contribution in [3.05, 3.63) is 28.8 Å². The van der Waals surface area contributed by atoms with Gasteiger partial charge in [-0.05, 0) is 30.5 Å². The second kappa shape index (κ2) is 5.32. The van der Waals surface area contributed by atoms with Crippen LogP contribution in [0.1, 0.15) is 19.4 Å². The number of halogens is 1. The quantitative estimate of drug-likeness (QED) is 0.870. The number of anilines is 1. The van der Waals surface area contributed by atoms with Gasteiger partial charge in [-0.1, -0.05) is 43.3 Å². The van der Waals surface area contributed by atoms with E-state index < -0.39 is 0 Å². The lowest BCUT2D eigenvalue weighted by Gasteiger charge is -2.12. The SMILES string of the molecule is Cc1ccc(NC2=NCC(C(C)C)S2)c(Cl)c1. The summed E-state index contributed by atoms with van der Waals surface area (Å²) in [6.07, 6.45) is 0. The third-order valence-corrected chi connectivity index (χ3v) is 4.55. The topological polar surface area (TPSA) is 24.4 Å². The van der Waals surface area contributed by atoms with Crippen molar-refractivity contribution in [2.24, 2.45) is 10.9 Å². The average Bonchev–Trinajstić information content (AvgIpc) is 2.71. The van der Waals surface area contributed by atoms with Crippen molar-refractivity contribution >= 4 is 34.2 Å². The number of hydrogen-bond donors (Lipinski definition) is 1. The lowest BCUT2D eigenvalue weighted by Crippen LogP contribution is -2.13. The zero-order chi connectivity index (χ0) is 12.4. The van der Waals surface area contributed by atoms with Gasteiger partial charge in [0.1, 0.15) is 0 Å². The lowest BCUT2D eigenvalue weighted by molar-refractivity contribution is 0.621. The molecular weight excluding hydrogens is 252 g/mol. The Balaban J connectivity index is 2.03. The molecule has 1 atom stereocenters. The van der Waals surface area contributed by atoms with Crippen molar-refractivity contribution in [3.8, 4) is 0 Å². The van der Waals surface area contributed by atoms with Crippen molar-refractivity contribution in [1.82, 2.24) is 0 Å². The van der Waals surface area contributed by atoms with Crippen LogP contribution in [0.4, 0.5) is 5.69 Å². The number of nitrogens with one attached hydrogen (secondary N) is 1. The monoisotopic (exact) mass is 268 g/mol. The Morgan fingerprint density at radius 2 is 2.24 bits per heavy atom. The number of amidine groups is 1. The number of benzene rings is 1. The van der Waals surface area contributed by atoms with Gasteiger partial charge in [0, 0.05) is 5.25 Å². The van der Waals surface area contributed by atoms with Crippen LogP contribution >= 0.6 is 23.4 Å². The Labute approximate surface area is 112 Å². The van der Waals surface area contributed by atoms with Gasteiger partial charge in [-0.2, -0.15) is 0 Å². The Morgan fingerprint density at radius 3 is 2.82 bits per heavy atom. The predicted octanol–water partition coefficient (Wildman–Crippen LogP) is 4.19. The normalized spacial score (nSPS) is 19.6. The van der Waals surface area contributed by atoms with Crippen molar-refractivity contribution in [1.29, 1.82) is 0 Å². The number of aryl methyl sites for hydroxylation is 1. The Kier molecular flexibility index (Phi) is 4.00. The van der Waals surface area contributed by atoms with Gasteiger partial charge in [-0.3, -0.25) is 4.99 Å². The summed E-state index contributed by atoms with van der Waals surface area (Å²) in [6.45, 7) is 7.39. The van der Waals surface area contributed by atoms with E-state index in [0.29, 0.717) is 11.2 Å². The molecule has 1 aromatic carbocycles. The fraction of sp³-hybridized carbons (Fsp3) is 0.462. The van der Waals surface area contributed by atoms with Gasteiger partial charge in [0.2, 0.25) is 0 Å². The third kappa shape index (κ3) is 3.17. The molecule has 0 aromatic heterocycles. The molecule has 0 aliphatic carbocycles. The Morgan fingerprint density at radius 1 is 1.47 bits per heavy atom. The molecule has 0 spiro atoms. The van der Waals surface area contributed by atoms with Crippen LogP contribution in [0.2, 0.25) is 5.02 Å². The van der Waals surface area contributed by atoms with Crippen molar-refractivity contribution in [2.45, 2.75) is 26.0 Å². The van der Waals surface area contributed by atoms with Crippen LogP contribution in [0.25, 0.3) is 0 Å². The molecule has 1 unspecified atom stereocenters. The fourth-order valence-electron chi connectivity index (χ4n) is 1.64. The van der Waals surface area contributed by atoms with Gasteiger partial charge in [-0.15, -0.1) is 0 Å². The third-order valence-electron chi connectivity index (χ3n) is 2.79. The van der Waals surface area contributed by atoms with Crippen LogP contribution in [-0.2, 0) is 0 Å². The molecule has 1 aliphatic heterocycles. The summed E-state index contributed by atoms with van der Waals surface area (Å²) in [4.78, 5) is 4.51. The van der Waals surface area contributed by atoms with Gasteiger partial charge < -0.3 is 5.32 Å². The molecule has 1 heterocycles. The minimum atomic E-state index is 0.585. The first-order chi connectivity index (χ1) is 8.06. The number of aliphatic imine (C=N–C) groups is 1. The largest absolute Gasteiger partial charge is 0.334 e. The molecule has 0 saturated heterocycles. The van der Waals surface area contributed by atoms with Crippen LogP contribution in [0, 0.1) is 12.8 Å². The molecule has 1 aliphatic rings. The summed E-state index contributed by atoms with van der Waals surface area (Å²) in [6, 6.07) is 6.02. The average molecular weight is 269 g/mol. The number of hydrogen-bond acceptors (Lipinski definition) is 3. The van der Waals surface area contributed by atoms with E-state index >= 15 is 0 Å². The first-order valence-electron chi connectivity index (χ1n) is 5.80. The van der Waals surface area contributed by atoms with E-state index in [-0.39, 0.29) is 0 Å². The molecule has 2 nitrogen and oxygen atoms in total. The molecule has 0 radical (unpaired) electrons. The molecule has 1 aromatic rings. The van der Waals surface area contributed by atoms with Gasteiger partial charge in [0.25, 0.3) is 0 Å². The van der Waals surface area contributed by atoms with E-state index in [0.717, 1.165) is 22.4 Å². The van der Waals surface area contributed by atoms with Crippen LogP contribution in [0.15, 0.2) is 23.2 Å². The molecule has 92 valence electrons. The van der Waals surface area contributed by atoms with E-state index in [1.165, 1.54) is 5.56 Å². The highest BCUT2D eigenvalue weighted by molar-refractivity contribution is 8.15. The molecule has 4 heteroatoms. The second-order valence-corrected chi connectivity index (χ2v) is 6.29. The van der Waals surface area contributed by atoms with E-state index in [9.17, 15) is 0 Å². The smallest absolute Gasteiger partial charge is 0.161 e. The molecule has 2 rings (SSSR count). The van der Waals surface area contributed by atoms with Crippen molar-refractivity contribution in [2.75, 3.05) is 11.9 Å². The van der Waals surface area contributed by atoms with Crippen molar-refractivity contribution in [3.63, 3.8) is 0 Å². The van der Waals surface area contributed by atoms with Crippen LogP contribution in [-0.4, -0.2) is 17.0 Å². The minimum absolute atomic E-state index is 0.585. The molecule has 0 saturated carbocycles. The summed E-state index contributed by atoms with van der Waals surface area (Å²) in [7, 11) is 0. The van der Waals surface area contributed by atoms with Gasteiger partial charge in [-0.25, -0.2) is 0 Å². The lowest BCUT2D eigenvalue weighted by atomic mass is 10.1. The van der Waals surface area contributed by atoms with Gasteiger partial charge in [0.15, 0.2) is 5.17 Å². The van der Waals surface area contributed by atoms with E-state index in [1.54, 1.807) is 11.8 Å². The minimum Gasteiger partial charge on any atom is -0.334 e. The maximum absolute atomic E-state index is 6.18. The predicted molar refractivity (Wildman–Crippen MR) is 78.3 cm³/mol. The summed E-state index contributed by atoms with van der Waals surface area (Å²) < 4.78 is 0. The Bertz CT molecular complexity index is 443. The number of nitrogens with zero attached hydrogens (tertiary/aromatic N) is 1. The van der Waals surface area contributed by atoms with E-state index in [2.05, 4.69) is 24.2 Å². The zero-order valence-electron chi connectivity index (χ0n) is 10.3.